The molecule has 132 valence electrons. The SMILES string of the molecule is C=C1c2ccccc2[C@H](O[Si](C)(C)C(C)(C)C)[C@H]1c1ccc(Cl)cc1. The maximum absolute atomic E-state index is 6.90. The van der Waals surface area contributed by atoms with Gasteiger partial charge in [-0.1, -0.05) is 75.3 Å². The number of hydrogen-bond donors (Lipinski definition) is 0. The van der Waals surface area contributed by atoms with E-state index < -0.39 is 8.32 Å². The predicted octanol–water partition coefficient (Wildman–Crippen LogP) is 7.21. The van der Waals surface area contributed by atoms with Gasteiger partial charge in [0.15, 0.2) is 8.32 Å². The van der Waals surface area contributed by atoms with Gasteiger partial charge in [-0.25, -0.2) is 0 Å². The first kappa shape index (κ1) is 18.4. The lowest BCUT2D eigenvalue weighted by Crippen LogP contribution is -2.42. The van der Waals surface area contributed by atoms with Crippen molar-refractivity contribution in [3.63, 3.8) is 0 Å². The lowest BCUT2D eigenvalue weighted by molar-refractivity contribution is 0.178. The van der Waals surface area contributed by atoms with E-state index in [2.05, 4.69) is 76.8 Å². The molecule has 0 N–H and O–H groups in total. The molecule has 1 aliphatic rings. The van der Waals surface area contributed by atoms with Gasteiger partial charge in [0.05, 0.1) is 6.10 Å². The molecule has 1 aliphatic carbocycles. The molecular weight excluding hydrogens is 344 g/mol. The molecule has 1 nitrogen and oxygen atoms in total. The van der Waals surface area contributed by atoms with Crippen LogP contribution in [-0.4, -0.2) is 8.32 Å². The highest BCUT2D eigenvalue weighted by Gasteiger charge is 2.45. The van der Waals surface area contributed by atoms with Gasteiger partial charge in [0.25, 0.3) is 0 Å². The minimum Gasteiger partial charge on any atom is -0.409 e. The summed E-state index contributed by atoms with van der Waals surface area (Å²) in [5.41, 5.74) is 4.85. The normalized spacial score (nSPS) is 20.6. The molecule has 0 aliphatic heterocycles. The number of benzene rings is 2. The van der Waals surface area contributed by atoms with Crippen LogP contribution in [0.5, 0.6) is 0 Å². The fourth-order valence-corrected chi connectivity index (χ4v) is 4.62. The topological polar surface area (TPSA) is 9.23 Å². The van der Waals surface area contributed by atoms with Crippen molar-refractivity contribution in [2.75, 3.05) is 0 Å². The molecule has 0 saturated heterocycles. The quantitative estimate of drug-likeness (QED) is 0.518. The second-order valence-electron chi connectivity index (χ2n) is 8.44. The molecule has 0 fully saturated rings. The molecule has 2 atom stereocenters. The van der Waals surface area contributed by atoms with Crippen molar-refractivity contribution >= 4 is 25.5 Å². The zero-order valence-corrected chi connectivity index (χ0v) is 17.5. The van der Waals surface area contributed by atoms with Crippen molar-refractivity contribution in [2.45, 2.75) is 50.9 Å². The zero-order valence-electron chi connectivity index (χ0n) is 15.8. The minimum atomic E-state index is -1.92. The largest absolute Gasteiger partial charge is 0.409 e. The predicted molar refractivity (Wildman–Crippen MR) is 111 cm³/mol. The maximum Gasteiger partial charge on any atom is 0.192 e. The third-order valence-electron chi connectivity index (χ3n) is 5.75. The van der Waals surface area contributed by atoms with E-state index in [9.17, 15) is 0 Å². The monoisotopic (exact) mass is 370 g/mol. The van der Waals surface area contributed by atoms with E-state index in [0.717, 1.165) is 10.6 Å². The fraction of sp³-hybridized carbons (Fsp3) is 0.364. The Bertz CT molecular complexity index is 786. The Morgan fingerprint density at radius 1 is 1.00 bits per heavy atom. The molecule has 2 aromatic rings. The summed E-state index contributed by atoms with van der Waals surface area (Å²) in [7, 11) is -1.92. The van der Waals surface area contributed by atoms with Crippen molar-refractivity contribution < 1.29 is 4.43 Å². The molecule has 0 radical (unpaired) electrons. The Hall–Kier alpha value is -1.35. The van der Waals surface area contributed by atoms with E-state index in [4.69, 9.17) is 16.0 Å². The molecule has 0 unspecified atom stereocenters. The average Bonchev–Trinajstić information content (AvgIpc) is 2.80. The van der Waals surface area contributed by atoms with Gasteiger partial charge >= 0.3 is 0 Å². The van der Waals surface area contributed by atoms with E-state index >= 15 is 0 Å². The third-order valence-corrected chi connectivity index (χ3v) is 10.5. The molecule has 3 heteroatoms. The molecule has 0 spiro atoms. The van der Waals surface area contributed by atoms with Crippen LogP contribution in [0, 0.1) is 0 Å². The summed E-state index contributed by atoms with van der Waals surface area (Å²) in [6.07, 6.45) is 0.0192. The van der Waals surface area contributed by atoms with Crippen LogP contribution in [0.25, 0.3) is 5.57 Å². The van der Waals surface area contributed by atoms with E-state index in [1.807, 2.05) is 12.1 Å². The number of halogens is 1. The third kappa shape index (κ3) is 3.35. The molecule has 0 aromatic heterocycles. The molecular formula is C22H27ClOSi. The van der Waals surface area contributed by atoms with Crippen LogP contribution in [0.1, 0.15) is 49.5 Å². The summed E-state index contributed by atoms with van der Waals surface area (Å²) < 4.78 is 6.90. The summed E-state index contributed by atoms with van der Waals surface area (Å²) in [5, 5.41) is 0.919. The van der Waals surface area contributed by atoms with E-state index in [0.29, 0.717) is 0 Å². The average molecular weight is 371 g/mol. The highest BCUT2D eigenvalue weighted by atomic mass is 35.5. The van der Waals surface area contributed by atoms with Crippen LogP contribution in [0.4, 0.5) is 0 Å². The zero-order chi connectivity index (χ0) is 18.4. The van der Waals surface area contributed by atoms with Crippen molar-refractivity contribution in [1.29, 1.82) is 0 Å². The lowest BCUT2D eigenvalue weighted by Gasteiger charge is -2.40. The second kappa shape index (κ2) is 6.42. The van der Waals surface area contributed by atoms with Crippen LogP contribution in [-0.2, 0) is 4.43 Å². The number of rotatable bonds is 3. The first-order valence-electron chi connectivity index (χ1n) is 8.83. The summed E-state index contributed by atoms with van der Waals surface area (Å²) in [5.74, 6) is 0.142. The summed E-state index contributed by atoms with van der Waals surface area (Å²) in [6, 6.07) is 16.6. The smallest absolute Gasteiger partial charge is 0.192 e. The minimum absolute atomic E-state index is 0.0192. The van der Waals surface area contributed by atoms with Gasteiger partial charge in [-0.15, -0.1) is 0 Å². The molecule has 0 saturated carbocycles. The molecule has 2 aromatic carbocycles. The van der Waals surface area contributed by atoms with Gasteiger partial charge in [0.1, 0.15) is 0 Å². The van der Waals surface area contributed by atoms with Gasteiger partial charge in [-0.3, -0.25) is 0 Å². The Kier molecular flexibility index (Phi) is 4.74. The number of hydrogen-bond acceptors (Lipinski definition) is 1. The summed E-state index contributed by atoms with van der Waals surface area (Å²) in [4.78, 5) is 0. The standard InChI is InChI=1S/C22H27ClOSi/c1-15-18-9-7-8-10-19(18)21(24-25(5,6)22(2,3)4)20(15)16-11-13-17(23)14-12-16/h7-14,20-21H,1H2,2-6H3/t20-,21+/m1/s1. The van der Waals surface area contributed by atoms with E-state index in [1.54, 1.807) is 0 Å². The summed E-state index contributed by atoms with van der Waals surface area (Å²) >= 11 is 6.10. The molecule has 0 bridgehead atoms. The second-order valence-corrected chi connectivity index (χ2v) is 13.6. The van der Waals surface area contributed by atoms with Crippen molar-refractivity contribution in [1.82, 2.24) is 0 Å². The van der Waals surface area contributed by atoms with Gasteiger partial charge < -0.3 is 4.43 Å². The van der Waals surface area contributed by atoms with Gasteiger partial charge in [-0.05, 0) is 52.5 Å². The van der Waals surface area contributed by atoms with Crippen molar-refractivity contribution in [3.05, 3.63) is 76.8 Å². The highest BCUT2D eigenvalue weighted by molar-refractivity contribution is 6.74. The van der Waals surface area contributed by atoms with Crippen LogP contribution in [0.2, 0.25) is 23.2 Å². The first-order chi connectivity index (χ1) is 11.6. The summed E-state index contributed by atoms with van der Waals surface area (Å²) in [6.45, 7) is 15.9. The lowest BCUT2D eigenvalue weighted by atomic mass is 9.91. The van der Waals surface area contributed by atoms with Crippen LogP contribution < -0.4 is 0 Å². The molecule has 3 rings (SSSR count). The van der Waals surface area contributed by atoms with E-state index in [-0.39, 0.29) is 17.1 Å². The van der Waals surface area contributed by atoms with Crippen molar-refractivity contribution in [2.24, 2.45) is 0 Å². The Balaban J connectivity index is 2.07. The van der Waals surface area contributed by atoms with Crippen LogP contribution in [0.15, 0.2) is 55.1 Å². The molecule has 0 heterocycles. The van der Waals surface area contributed by atoms with Gasteiger partial charge in [0.2, 0.25) is 0 Å². The van der Waals surface area contributed by atoms with Crippen LogP contribution >= 0.6 is 11.6 Å². The maximum atomic E-state index is 6.90. The number of fused-ring (bicyclic) bond motifs is 1. The Morgan fingerprint density at radius 3 is 2.20 bits per heavy atom. The fourth-order valence-electron chi connectivity index (χ4n) is 3.24. The molecule has 25 heavy (non-hydrogen) atoms. The van der Waals surface area contributed by atoms with E-state index in [1.165, 1.54) is 16.7 Å². The Labute approximate surface area is 157 Å². The van der Waals surface area contributed by atoms with Crippen molar-refractivity contribution in [3.8, 4) is 0 Å². The van der Waals surface area contributed by atoms with Gasteiger partial charge in [-0.2, -0.15) is 0 Å². The highest BCUT2D eigenvalue weighted by Crippen LogP contribution is 2.54. The van der Waals surface area contributed by atoms with Gasteiger partial charge in [0, 0.05) is 10.9 Å². The first-order valence-corrected chi connectivity index (χ1v) is 12.1. The Morgan fingerprint density at radius 2 is 1.60 bits per heavy atom. The van der Waals surface area contributed by atoms with Crippen LogP contribution in [0.3, 0.4) is 0 Å². The molecule has 0 amide bonds.